The lowest BCUT2D eigenvalue weighted by Crippen LogP contribution is -2.09. The number of hydrogen-bond donors (Lipinski definition) is 0. The van der Waals surface area contributed by atoms with Gasteiger partial charge in [0, 0.05) is 5.56 Å². The predicted octanol–water partition coefficient (Wildman–Crippen LogP) is 1.33. The van der Waals surface area contributed by atoms with Gasteiger partial charge in [0.2, 0.25) is 11.8 Å². The van der Waals surface area contributed by atoms with Gasteiger partial charge < -0.3 is 9.47 Å². The Morgan fingerprint density at radius 2 is 2.27 bits per heavy atom. The molecule has 0 spiro atoms. The quantitative estimate of drug-likeness (QED) is 0.559. The molecule has 0 saturated carbocycles. The maximum atomic E-state index is 12.7. The lowest BCUT2D eigenvalue weighted by molar-refractivity contribution is -0.142. The van der Waals surface area contributed by atoms with Crippen molar-refractivity contribution in [3.8, 4) is 5.88 Å². The second-order valence-electron chi connectivity index (χ2n) is 2.78. The third-order valence-electron chi connectivity index (χ3n) is 1.74. The van der Waals surface area contributed by atoms with E-state index in [0.717, 1.165) is 0 Å². The van der Waals surface area contributed by atoms with Crippen molar-refractivity contribution in [2.45, 2.75) is 13.3 Å². The maximum absolute atomic E-state index is 12.7. The van der Waals surface area contributed by atoms with E-state index in [1.54, 1.807) is 6.92 Å². The van der Waals surface area contributed by atoms with Gasteiger partial charge in [-0.3, -0.25) is 4.79 Å². The highest BCUT2D eigenvalue weighted by atomic mass is 19.1. The highest BCUT2D eigenvalue weighted by Crippen LogP contribution is 2.16. The topological polar surface area (TPSA) is 48.4 Å². The fraction of sp³-hybridized carbons (Fsp3) is 0.400. The largest absolute Gasteiger partial charge is 0.481 e. The molecule has 0 amide bonds. The summed E-state index contributed by atoms with van der Waals surface area (Å²) in [5.41, 5.74) is 0.511. The Hall–Kier alpha value is -1.65. The van der Waals surface area contributed by atoms with E-state index in [1.165, 1.54) is 19.2 Å². The molecule has 0 unspecified atom stereocenters. The van der Waals surface area contributed by atoms with E-state index in [-0.39, 0.29) is 18.3 Å². The third kappa shape index (κ3) is 3.19. The van der Waals surface area contributed by atoms with Crippen molar-refractivity contribution in [1.82, 2.24) is 4.98 Å². The molecule has 0 atom stereocenters. The number of rotatable bonds is 4. The Balaban J connectivity index is 2.80. The van der Waals surface area contributed by atoms with Gasteiger partial charge >= 0.3 is 5.97 Å². The number of carbonyl (C=O) groups is 1. The smallest absolute Gasteiger partial charge is 0.310 e. The molecule has 0 saturated heterocycles. The van der Waals surface area contributed by atoms with Crippen LogP contribution in [0.3, 0.4) is 0 Å². The summed E-state index contributed by atoms with van der Waals surface area (Å²) in [5.74, 6) is -0.910. The number of methoxy groups -OCH3 is 1. The highest BCUT2D eigenvalue weighted by molar-refractivity contribution is 5.73. The normalized spacial score (nSPS) is 9.80. The molecule has 1 aromatic rings. The second kappa shape index (κ2) is 5.29. The van der Waals surface area contributed by atoms with E-state index in [1.807, 2.05) is 0 Å². The summed E-state index contributed by atoms with van der Waals surface area (Å²) < 4.78 is 22.3. The Morgan fingerprint density at radius 3 is 2.87 bits per heavy atom. The highest BCUT2D eigenvalue weighted by Gasteiger charge is 2.11. The number of ether oxygens (including phenoxy) is 2. The first-order chi connectivity index (χ1) is 7.17. The van der Waals surface area contributed by atoms with E-state index < -0.39 is 5.95 Å². The second-order valence-corrected chi connectivity index (χ2v) is 2.78. The third-order valence-corrected chi connectivity index (χ3v) is 1.74. The zero-order valence-electron chi connectivity index (χ0n) is 8.62. The standard InChI is InChI=1S/C10H12FNO3/c1-3-15-9(13)6-7-4-5-8(11)12-10(7)14-2/h4-5H,3,6H2,1-2H3. The first-order valence-electron chi connectivity index (χ1n) is 4.52. The Bertz CT molecular complexity index is 355. The molecule has 82 valence electrons. The Labute approximate surface area is 87.0 Å². The fourth-order valence-electron chi connectivity index (χ4n) is 1.13. The molecular weight excluding hydrogens is 201 g/mol. The molecule has 0 aromatic carbocycles. The van der Waals surface area contributed by atoms with Gasteiger partial charge in [0.05, 0.1) is 20.1 Å². The van der Waals surface area contributed by atoms with Crippen LogP contribution in [0.5, 0.6) is 5.88 Å². The number of hydrogen-bond acceptors (Lipinski definition) is 4. The van der Waals surface area contributed by atoms with Gasteiger partial charge in [0.1, 0.15) is 0 Å². The van der Waals surface area contributed by atoms with Crippen molar-refractivity contribution in [2.24, 2.45) is 0 Å². The summed E-state index contributed by atoms with van der Waals surface area (Å²) in [7, 11) is 1.37. The van der Waals surface area contributed by atoms with E-state index in [2.05, 4.69) is 4.98 Å². The summed E-state index contributed by atoms with van der Waals surface area (Å²) in [6, 6.07) is 2.63. The number of halogens is 1. The number of carbonyl (C=O) groups excluding carboxylic acids is 1. The molecule has 0 fully saturated rings. The molecule has 1 heterocycles. The molecule has 0 aliphatic rings. The van der Waals surface area contributed by atoms with Crippen molar-refractivity contribution in [3.63, 3.8) is 0 Å². The molecule has 1 aromatic heterocycles. The number of pyridine rings is 1. The average molecular weight is 213 g/mol. The van der Waals surface area contributed by atoms with Crippen molar-refractivity contribution in [3.05, 3.63) is 23.6 Å². The zero-order valence-corrected chi connectivity index (χ0v) is 8.62. The molecule has 0 aliphatic heterocycles. The molecule has 0 N–H and O–H groups in total. The average Bonchev–Trinajstić information content (AvgIpc) is 2.21. The first-order valence-corrected chi connectivity index (χ1v) is 4.52. The number of nitrogens with zero attached hydrogens (tertiary/aromatic N) is 1. The summed E-state index contributed by atoms with van der Waals surface area (Å²) in [6.07, 6.45) is 0.0320. The summed E-state index contributed by atoms with van der Waals surface area (Å²) in [6.45, 7) is 2.04. The van der Waals surface area contributed by atoms with Crippen LogP contribution < -0.4 is 4.74 Å². The molecule has 0 bridgehead atoms. The van der Waals surface area contributed by atoms with Crippen LogP contribution in [0, 0.1) is 5.95 Å². The van der Waals surface area contributed by atoms with Crippen molar-refractivity contribution in [1.29, 1.82) is 0 Å². The van der Waals surface area contributed by atoms with Crippen molar-refractivity contribution >= 4 is 5.97 Å². The monoisotopic (exact) mass is 213 g/mol. The van der Waals surface area contributed by atoms with Gasteiger partial charge in [-0.15, -0.1) is 0 Å². The van der Waals surface area contributed by atoms with Crippen molar-refractivity contribution in [2.75, 3.05) is 13.7 Å². The van der Waals surface area contributed by atoms with Gasteiger partial charge in [-0.25, -0.2) is 0 Å². The van der Waals surface area contributed by atoms with Crippen LogP contribution in [0.4, 0.5) is 4.39 Å². The Morgan fingerprint density at radius 1 is 1.53 bits per heavy atom. The molecule has 0 aliphatic carbocycles. The summed E-state index contributed by atoms with van der Waals surface area (Å²) >= 11 is 0. The lowest BCUT2D eigenvalue weighted by Gasteiger charge is -2.06. The summed E-state index contributed by atoms with van der Waals surface area (Å²) in [5, 5.41) is 0. The minimum absolute atomic E-state index is 0.0320. The van der Waals surface area contributed by atoms with E-state index in [9.17, 15) is 9.18 Å². The van der Waals surface area contributed by atoms with Gasteiger partial charge in [-0.05, 0) is 19.1 Å². The van der Waals surface area contributed by atoms with Crippen LogP contribution in [-0.4, -0.2) is 24.7 Å². The minimum atomic E-state index is -0.639. The van der Waals surface area contributed by atoms with Gasteiger partial charge in [-0.1, -0.05) is 0 Å². The zero-order chi connectivity index (χ0) is 11.3. The number of aromatic nitrogens is 1. The molecule has 1 rings (SSSR count). The molecule has 4 nitrogen and oxygen atoms in total. The van der Waals surface area contributed by atoms with Gasteiger partial charge in [0.15, 0.2) is 0 Å². The Kier molecular flexibility index (Phi) is 4.03. The van der Waals surface area contributed by atoms with Crippen LogP contribution >= 0.6 is 0 Å². The summed E-state index contributed by atoms with van der Waals surface area (Å²) in [4.78, 5) is 14.7. The number of esters is 1. The van der Waals surface area contributed by atoms with Crippen molar-refractivity contribution < 1.29 is 18.7 Å². The van der Waals surface area contributed by atoms with Gasteiger partial charge in [0.25, 0.3) is 0 Å². The van der Waals surface area contributed by atoms with Crippen LogP contribution in [0.15, 0.2) is 12.1 Å². The van der Waals surface area contributed by atoms with Crippen LogP contribution in [0.25, 0.3) is 0 Å². The molecular formula is C10H12FNO3. The van der Waals surface area contributed by atoms with Crippen LogP contribution in [0.2, 0.25) is 0 Å². The van der Waals surface area contributed by atoms with Gasteiger partial charge in [-0.2, -0.15) is 9.37 Å². The van der Waals surface area contributed by atoms with E-state index >= 15 is 0 Å². The van der Waals surface area contributed by atoms with Crippen LogP contribution in [-0.2, 0) is 16.0 Å². The lowest BCUT2D eigenvalue weighted by atomic mass is 10.2. The minimum Gasteiger partial charge on any atom is -0.481 e. The predicted molar refractivity (Wildman–Crippen MR) is 51.1 cm³/mol. The maximum Gasteiger partial charge on any atom is 0.310 e. The van der Waals surface area contributed by atoms with E-state index in [4.69, 9.17) is 9.47 Å². The fourth-order valence-corrected chi connectivity index (χ4v) is 1.13. The molecule has 15 heavy (non-hydrogen) atoms. The van der Waals surface area contributed by atoms with E-state index in [0.29, 0.717) is 12.2 Å². The van der Waals surface area contributed by atoms with Crippen LogP contribution in [0.1, 0.15) is 12.5 Å². The SMILES string of the molecule is CCOC(=O)Cc1ccc(F)nc1OC. The first kappa shape index (κ1) is 11.4. The molecule has 5 heteroatoms. The molecule has 0 radical (unpaired) electrons.